The SMILES string of the molecule is CN=C(NCc1ccc(C)c(F)c1)N(C)Cc1csc(C)n1.I. The van der Waals surface area contributed by atoms with Crippen molar-refractivity contribution >= 4 is 41.3 Å². The Bertz CT molecular complexity index is 672. The summed E-state index contributed by atoms with van der Waals surface area (Å²) in [5.41, 5.74) is 2.57. The third-order valence-corrected chi connectivity index (χ3v) is 4.15. The van der Waals surface area contributed by atoms with Gasteiger partial charge in [-0.1, -0.05) is 12.1 Å². The number of hydrogen-bond donors (Lipinski definition) is 1. The summed E-state index contributed by atoms with van der Waals surface area (Å²) in [6, 6.07) is 5.26. The molecular formula is C16H22FIN4S. The average Bonchev–Trinajstić information content (AvgIpc) is 2.88. The van der Waals surface area contributed by atoms with Crippen molar-refractivity contribution in [3.63, 3.8) is 0 Å². The summed E-state index contributed by atoms with van der Waals surface area (Å²) < 4.78 is 13.6. The zero-order valence-corrected chi connectivity index (χ0v) is 16.9. The molecule has 0 bridgehead atoms. The number of benzene rings is 1. The lowest BCUT2D eigenvalue weighted by Crippen LogP contribution is -2.38. The van der Waals surface area contributed by atoms with Crippen LogP contribution in [0.3, 0.4) is 0 Å². The molecular weight excluding hydrogens is 426 g/mol. The van der Waals surface area contributed by atoms with Crippen LogP contribution in [0.25, 0.3) is 0 Å². The standard InChI is InChI=1S/C16H21FN4S.HI/c1-11-5-6-13(7-15(11)17)8-19-16(18-3)21(4)9-14-10-22-12(2)20-14;/h5-7,10H,8-9H2,1-4H3,(H,18,19);1H. The predicted octanol–water partition coefficient (Wildman–Crippen LogP) is 3.72. The first-order valence-electron chi connectivity index (χ1n) is 7.07. The maximum atomic E-state index is 13.6. The molecule has 126 valence electrons. The van der Waals surface area contributed by atoms with Crippen molar-refractivity contribution in [1.29, 1.82) is 0 Å². The van der Waals surface area contributed by atoms with Crippen molar-refractivity contribution in [3.8, 4) is 0 Å². The number of aryl methyl sites for hydroxylation is 2. The van der Waals surface area contributed by atoms with Crippen molar-refractivity contribution < 1.29 is 4.39 Å². The van der Waals surface area contributed by atoms with E-state index in [2.05, 4.69) is 20.7 Å². The zero-order chi connectivity index (χ0) is 16.1. The Morgan fingerprint density at radius 2 is 2.13 bits per heavy atom. The number of halogens is 2. The fourth-order valence-corrected chi connectivity index (χ4v) is 2.71. The monoisotopic (exact) mass is 448 g/mol. The van der Waals surface area contributed by atoms with Crippen LogP contribution in [0.2, 0.25) is 0 Å². The van der Waals surface area contributed by atoms with Gasteiger partial charge in [-0.25, -0.2) is 9.37 Å². The number of hydrogen-bond acceptors (Lipinski definition) is 3. The number of guanidine groups is 1. The second-order valence-corrected chi connectivity index (χ2v) is 6.26. The van der Waals surface area contributed by atoms with Crippen molar-refractivity contribution in [2.75, 3.05) is 14.1 Å². The van der Waals surface area contributed by atoms with E-state index >= 15 is 0 Å². The van der Waals surface area contributed by atoms with E-state index < -0.39 is 0 Å². The Hall–Kier alpha value is -1.22. The molecule has 0 amide bonds. The molecule has 0 aliphatic carbocycles. The van der Waals surface area contributed by atoms with E-state index in [1.807, 2.05) is 24.9 Å². The molecule has 0 radical (unpaired) electrons. The molecule has 0 atom stereocenters. The number of aromatic nitrogens is 1. The Kier molecular flexibility index (Phi) is 7.90. The predicted molar refractivity (Wildman–Crippen MR) is 105 cm³/mol. The molecule has 2 aromatic rings. The van der Waals surface area contributed by atoms with Crippen LogP contribution in [0.1, 0.15) is 21.8 Å². The maximum absolute atomic E-state index is 13.6. The highest BCUT2D eigenvalue weighted by Crippen LogP contribution is 2.11. The highest BCUT2D eigenvalue weighted by molar-refractivity contribution is 14.0. The number of nitrogens with zero attached hydrogens (tertiary/aromatic N) is 3. The summed E-state index contributed by atoms with van der Waals surface area (Å²) in [7, 11) is 3.70. The summed E-state index contributed by atoms with van der Waals surface area (Å²) in [5.74, 6) is 0.576. The molecule has 0 spiro atoms. The van der Waals surface area contributed by atoms with Crippen LogP contribution in [0.5, 0.6) is 0 Å². The Morgan fingerprint density at radius 1 is 1.39 bits per heavy atom. The molecule has 1 N–H and O–H groups in total. The van der Waals surface area contributed by atoms with Crippen LogP contribution in [0, 0.1) is 19.7 Å². The maximum Gasteiger partial charge on any atom is 0.194 e. The molecule has 4 nitrogen and oxygen atoms in total. The van der Waals surface area contributed by atoms with E-state index in [1.165, 1.54) is 0 Å². The molecule has 7 heteroatoms. The average molecular weight is 448 g/mol. The fraction of sp³-hybridized carbons (Fsp3) is 0.375. The Labute approximate surface area is 157 Å². The van der Waals surface area contributed by atoms with Gasteiger partial charge in [0, 0.05) is 26.0 Å². The van der Waals surface area contributed by atoms with Gasteiger partial charge in [-0.3, -0.25) is 4.99 Å². The fourth-order valence-electron chi connectivity index (χ4n) is 2.11. The third-order valence-electron chi connectivity index (χ3n) is 3.33. The van der Waals surface area contributed by atoms with Gasteiger partial charge < -0.3 is 10.2 Å². The van der Waals surface area contributed by atoms with Gasteiger partial charge in [0.25, 0.3) is 0 Å². The Balaban J connectivity index is 0.00000264. The minimum absolute atomic E-state index is 0. The second-order valence-electron chi connectivity index (χ2n) is 5.20. The smallest absolute Gasteiger partial charge is 0.194 e. The molecule has 0 fully saturated rings. The van der Waals surface area contributed by atoms with E-state index in [0.717, 1.165) is 22.2 Å². The number of rotatable bonds is 4. The number of thiazole rings is 1. The molecule has 2 rings (SSSR count). The van der Waals surface area contributed by atoms with Gasteiger partial charge in [-0.2, -0.15) is 0 Å². The lowest BCUT2D eigenvalue weighted by atomic mass is 10.1. The van der Waals surface area contributed by atoms with Gasteiger partial charge in [-0.15, -0.1) is 35.3 Å². The van der Waals surface area contributed by atoms with E-state index in [0.29, 0.717) is 18.7 Å². The van der Waals surface area contributed by atoms with Gasteiger partial charge in [0.05, 0.1) is 17.2 Å². The molecule has 0 unspecified atom stereocenters. The van der Waals surface area contributed by atoms with Crippen LogP contribution in [0.4, 0.5) is 4.39 Å². The molecule has 1 aromatic carbocycles. The summed E-state index contributed by atoms with van der Waals surface area (Å²) in [6.45, 7) is 4.97. The van der Waals surface area contributed by atoms with Crippen LogP contribution in [0.15, 0.2) is 28.6 Å². The van der Waals surface area contributed by atoms with E-state index in [4.69, 9.17) is 0 Å². The minimum Gasteiger partial charge on any atom is -0.352 e. The minimum atomic E-state index is -0.180. The van der Waals surface area contributed by atoms with Crippen molar-refractivity contribution in [3.05, 3.63) is 51.2 Å². The first kappa shape index (κ1) is 19.8. The van der Waals surface area contributed by atoms with Crippen LogP contribution in [-0.4, -0.2) is 29.9 Å². The Morgan fingerprint density at radius 3 is 2.70 bits per heavy atom. The number of aliphatic imine (C=N–C) groups is 1. The summed E-state index contributed by atoms with van der Waals surface area (Å²) >= 11 is 1.64. The first-order valence-corrected chi connectivity index (χ1v) is 7.95. The highest BCUT2D eigenvalue weighted by atomic mass is 127. The molecule has 0 saturated heterocycles. The largest absolute Gasteiger partial charge is 0.352 e. The van der Waals surface area contributed by atoms with Crippen molar-refractivity contribution in [2.45, 2.75) is 26.9 Å². The van der Waals surface area contributed by atoms with Gasteiger partial charge in [0.2, 0.25) is 0 Å². The topological polar surface area (TPSA) is 40.5 Å². The lowest BCUT2D eigenvalue weighted by Gasteiger charge is -2.21. The van der Waals surface area contributed by atoms with Gasteiger partial charge in [-0.05, 0) is 31.0 Å². The van der Waals surface area contributed by atoms with Crippen molar-refractivity contribution in [2.24, 2.45) is 4.99 Å². The summed E-state index contributed by atoms with van der Waals surface area (Å²) in [5, 5.41) is 6.35. The quantitative estimate of drug-likeness (QED) is 0.441. The highest BCUT2D eigenvalue weighted by Gasteiger charge is 2.09. The van der Waals surface area contributed by atoms with Gasteiger partial charge in [0.15, 0.2) is 5.96 Å². The van der Waals surface area contributed by atoms with Gasteiger partial charge >= 0.3 is 0 Å². The van der Waals surface area contributed by atoms with E-state index in [-0.39, 0.29) is 29.8 Å². The number of nitrogens with one attached hydrogen (secondary N) is 1. The van der Waals surface area contributed by atoms with Crippen molar-refractivity contribution in [1.82, 2.24) is 15.2 Å². The normalized spacial score (nSPS) is 11.1. The lowest BCUT2D eigenvalue weighted by molar-refractivity contribution is 0.470. The van der Waals surface area contributed by atoms with E-state index in [9.17, 15) is 4.39 Å². The van der Waals surface area contributed by atoms with Gasteiger partial charge in [0.1, 0.15) is 5.82 Å². The first-order chi connectivity index (χ1) is 10.5. The van der Waals surface area contributed by atoms with E-state index in [1.54, 1.807) is 37.4 Å². The summed E-state index contributed by atoms with van der Waals surface area (Å²) in [6.07, 6.45) is 0. The third kappa shape index (κ3) is 5.72. The van der Waals surface area contributed by atoms with Crippen LogP contribution in [-0.2, 0) is 13.1 Å². The molecule has 0 aliphatic heterocycles. The zero-order valence-electron chi connectivity index (χ0n) is 13.8. The molecule has 23 heavy (non-hydrogen) atoms. The molecule has 1 heterocycles. The summed E-state index contributed by atoms with van der Waals surface area (Å²) in [4.78, 5) is 10.7. The van der Waals surface area contributed by atoms with Crippen LogP contribution < -0.4 is 5.32 Å². The van der Waals surface area contributed by atoms with Crippen LogP contribution >= 0.6 is 35.3 Å². The molecule has 1 aromatic heterocycles. The molecule has 0 aliphatic rings. The molecule has 0 saturated carbocycles. The second kappa shape index (κ2) is 9.17.